The van der Waals surface area contributed by atoms with Crippen LogP contribution in [-0.2, 0) is 4.79 Å². The first-order valence-corrected chi connectivity index (χ1v) is 8.29. The van der Waals surface area contributed by atoms with Crippen LogP contribution in [0.3, 0.4) is 0 Å². The van der Waals surface area contributed by atoms with E-state index in [0.717, 1.165) is 25.0 Å². The molecule has 2 fully saturated rings. The summed E-state index contributed by atoms with van der Waals surface area (Å²) in [7, 11) is 0. The lowest BCUT2D eigenvalue weighted by Gasteiger charge is -2.37. The molecule has 2 saturated heterocycles. The molecular weight excluding hydrogens is 280 g/mol. The maximum absolute atomic E-state index is 12.6. The van der Waals surface area contributed by atoms with Gasteiger partial charge in [-0.1, -0.05) is 0 Å². The number of aliphatic hydroxyl groups is 1. The predicted molar refractivity (Wildman–Crippen MR) is 76.9 cm³/mol. The monoisotopic (exact) mass is 302 g/mol. The Labute approximate surface area is 123 Å². The summed E-state index contributed by atoms with van der Waals surface area (Å²) in [5.41, 5.74) is 0. The molecule has 2 N–H and O–H groups in total. The Bertz CT molecular complexity index is 366. The van der Waals surface area contributed by atoms with Gasteiger partial charge in [0.15, 0.2) is 0 Å². The topological polar surface area (TPSA) is 81.1 Å². The molecule has 0 aliphatic carbocycles. The van der Waals surface area contributed by atoms with Crippen LogP contribution in [-0.4, -0.2) is 75.3 Å². The van der Waals surface area contributed by atoms with Crippen LogP contribution in [0.15, 0.2) is 0 Å². The van der Waals surface area contributed by atoms with Crippen LogP contribution in [0.4, 0.5) is 4.79 Å². The number of rotatable bonds is 4. The smallest absolute Gasteiger partial charge is 0.327 e. The van der Waals surface area contributed by atoms with E-state index in [1.165, 1.54) is 4.90 Å². The van der Waals surface area contributed by atoms with E-state index in [0.29, 0.717) is 25.3 Å². The minimum absolute atomic E-state index is 0.136. The molecule has 114 valence electrons. The highest BCUT2D eigenvalue weighted by molar-refractivity contribution is 7.99. The summed E-state index contributed by atoms with van der Waals surface area (Å²) in [5.74, 6) is 0.345. The second-order valence-corrected chi connectivity index (χ2v) is 6.41. The molecule has 7 heteroatoms. The number of aliphatic hydroxyl groups excluding tert-OH is 1. The lowest BCUT2D eigenvalue weighted by atomic mass is 10.1. The number of nitrogens with zero attached hydrogens (tertiary/aromatic N) is 2. The summed E-state index contributed by atoms with van der Waals surface area (Å²) in [6.45, 7) is 1.34. The highest BCUT2D eigenvalue weighted by atomic mass is 32.2. The van der Waals surface area contributed by atoms with E-state index < -0.39 is 12.0 Å². The van der Waals surface area contributed by atoms with Gasteiger partial charge in [0.05, 0.1) is 0 Å². The molecule has 0 saturated carbocycles. The molecule has 0 spiro atoms. The lowest BCUT2D eigenvalue weighted by Crippen LogP contribution is -2.55. The van der Waals surface area contributed by atoms with Crippen molar-refractivity contribution < 1.29 is 19.8 Å². The van der Waals surface area contributed by atoms with Crippen LogP contribution >= 0.6 is 11.8 Å². The van der Waals surface area contributed by atoms with Crippen molar-refractivity contribution in [2.24, 2.45) is 0 Å². The maximum Gasteiger partial charge on any atom is 0.327 e. The summed E-state index contributed by atoms with van der Waals surface area (Å²) in [6, 6.07) is -0.697. The first kappa shape index (κ1) is 15.4. The summed E-state index contributed by atoms with van der Waals surface area (Å²) in [5, 5.41) is 18.2. The third-order valence-electron chi connectivity index (χ3n) is 3.98. The molecule has 2 aliphatic rings. The first-order chi connectivity index (χ1) is 9.65. The lowest BCUT2D eigenvalue weighted by molar-refractivity contribution is -0.141. The number of carbonyl (C=O) groups excluding carboxylic acids is 1. The molecule has 0 radical (unpaired) electrons. The average molecular weight is 302 g/mol. The fourth-order valence-electron chi connectivity index (χ4n) is 2.92. The van der Waals surface area contributed by atoms with Gasteiger partial charge < -0.3 is 20.0 Å². The predicted octanol–water partition coefficient (Wildman–Crippen LogP) is 0.845. The normalized spacial score (nSPS) is 26.9. The molecule has 20 heavy (non-hydrogen) atoms. The number of hydrogen-bond donors (Lipinski definition) is 2. The quantitative estimate of drug-likeness (QED) is 0.804. The molecular formula is C13H22N2O4S. The minimum atomic E-state index is -0.920. The van der Waals surface area contributed by atoms with Crippen LogP contribution in [0.1, 0.15) is 25.7 Å². The number of likely N-dealkylation sites (tertiary alicyclic amines) is 1. The van der Waals surface area contributed by atoms with Crippen LogP contribution in [0.5, 0.6) is 0 Å². The number of carboxylic acid groups (broad SMARTS) is 1. The third-order valence-corrected chi connectivity index (χ3v) is 5.00. The molecule has 0 aromatic carbocycles. The fraction of sp³-hybridized carbons (Fsp3) is 0.846. The van der Waals surface area contributed by atoms with Crippen molar-refractivity contribution in [3.8, 4) is 0 Å². The van der Waals surface area contributed by atoms with Crippen molar-refractivity contribution in [1.29, 1.82) is 0 Å². The number of urea groups is 1. The number of hydrogen-bond acceptors (Lipinski definition) is 4. The molecule has 0 aromatic heterocycles. The zero-order chi connectivity index (χ0) is 14.5. The van der Waals surface area contributed by atoms with Gasteiger partial charge in [0.2, 0.25) is 0 Å². The second kappa shape index (κ2) is 7.17. The van der Waals surface area contributed by atoms with Crippen molar-refractivity contribution in [1.82, 2.24) is 9.80 Å². The Morgan fingerprint density at radius 1 is 1.25 bits per heavy atom. The number of aliphatic carboxylic acids is 1. The van der Waals surface area contributed by atoms with E-state index in [1.54, 1.807) is 11.8 Å². The van der Waals surface area contributed by atoms with Crippen LogP contribution in [0, 0.1) is 0 Å². The second-order valence-electron chi connectivity index (χ2n) is 5.26. The number of thioether (sulfide) groups is 1. The molecule has 2 rings (SSSR count). The fourth-order valence-corrected chi connectivity index (χ4v) is 3.96. The molecule has 2 amide bonds. The van der Waals surface area contributed by atoms with Gasteiger partial charge in [-0.15, -0.1) is 0 Å². The Balaban J connectivity index is 2.02. The maximum atomic E-state index is 12.6. The van der Waals surface area contributed by atoms with Gasteiger partial charge in [0.1, 0.15) is 6.04 Å². The van der Waals surface area contributed by atoms with Crippen LogP contribution < -0.4 is 0 Å². The summed E-state index contributed by atoms with van der Waals surface area (Å²) < 4.78 is 0. The number of carbonyl (C=O) groups is 2. The largest absolute Gasteiger partial charge is 0.480 e. The van der Waals surface area contributed by atoms with Crippen LogP contribution in [0.25, 0.3) is 0 Å². The minimum Gasteiger partial charge on any atom is -0.480 e. The van der Waals surface area contributed by atoms with Gasteiger partial charge >= 0.3 is 12.0 Å². The highest BCUT2D eigenvalue weighted by Gasteiger charge is 2.38. The Morgan fingerprint density at radius 2 is 2.05 bits per heavy atom. The Morgan fingerprint density at radius 3 is 2.75 bits per heavy atom. The van der Waals surface area contributed by atoms with Gasteiger partial charge in [0, 0.05) is 37.2 Å². The molecule has 2 heterocycles. The molecule has 2 unspecified atom stereocenters. The molecule has 6 nitrogen and oxygen atoms in total. The van der Waals surface area contributed by atoms with Crippen molar-refractivity contribution >= 4 is 23.8 Å². The number of amides is 2. The SMILES string of the molecule is O=C(O)C1CSCCN1C(=O)N1CCCC1CCCO. The molecule has 2 atom stereocenters. The average Bonchev–Trinajstić information content (AvgIpc) is 2.92. The summed E-state index contributed by atoms with van der Waals surface area (Å²) >= 11 is 1.58. The van der Waals surface area contributed by atoms with Crippen molar-refractivity contribution in [2.45, 2.75) is 37.8 Å². The number of carboxylic acids is 1. The Hall–Kier alpha value is -0.950. The van der Waals surface area contributed by atoms with E-state index in [4.69, 9.17) is 5.11 Å². The van der Waals surface area contributed by atoms with Gasteiger partial charge in [-0.25, -0.2) is 9.59 Å². The summed E-state index contributed by atoms with van der Waals surface area (Å²) in [4.78, 5) is 27.2. The van der Waals surface area contributed by atoms with Gasteiger partial charge in [-0.3, -0.25) is 0 Å². The highest BCUT2D eigenvalue weighted by Crippen LogP contribution is 2.25. The standard InChI is InChI=1S/C13H22N2O4S/c16-7-2-4-10-3-1-5-14(10)13(19)15-6-8-20-9-11(15)12(17)18/h10-11,16H,1-9H2,(H,17,18). The van der Waals surface area contributed by atoms with Gasteiger partial charge in [-0.05, 0) is 25.7 Å². The zero-order valence-corrected chi connectivity index (χ0v) is 12.3. The summed E-state index contributed by atoms with van der Waals surface area (Å²) in [6.07, 6.45) is 3.39. The van der Waals surface area contributed by atoms with Crippen LogP contribution in [0.2, 0.25) is 0 Å². The molecule has 0 aromatic rings. The first-order valence-electron chi connectivity index (χ1n) is 7.13. The van der Waals surface area contributed by atoms with E-state index in [-0.39, 0.29) is 18.7 Å². The zero-order valence-electron chi connectivity index (χ0n) is 11.5. The van der Waals surface area contributed by atoms with Crippen molar-refractivity contribution in [3.63, 3.8) is 0 Å². The third kappa shape index (κ3) is 3.38. The molecule has 2 aliphatic heterocycles. The van der Waals surface area contributed by atoms with Crippen molar-refractivity contribution in [3.05, 3.63) is 0 Å². The van der Waals surface area contributed by atoms with Gasteiger partial charge in [-0.2, -0.15) is 11.8 Å². The van der Waals surface area contributed by atoms with E-state index in [1.807, 2.05) is 4.90 Å². The van der Waals surface area contributed by atoms with Gasteiger partial charge in [0.25, 0.3) is 0 Å². The van der Waals surface area contributed by atoms with E-state index >= 15 is 0 Å². The Kier molecular flexibility index (Phi) is 5.54. The molecule has 0 bridgehead atoms. The van der Waals surface area contributed by atoms with E-state index in [9.17, 15) is 14.7 Å². The van der Waals surface area contributed by atoms with E-state index in [2.05, 4.69) is 0 Å². The van der Waals surface area contributed by atoms with Crippen molar-refractivity contribution in [2.75, 3.05) is 31.2 Å².